The summed E-state index contributed by atoms with van der Waals surface area (Å²) in [5.74, 6) is 0.935. The molecule has 0 saturated carbocycles. The van der Waals surface area contributed by atoms with Crippen LogP contribution >= 0.6 is 0 Å². The van der Waals surface area contributed by atoms with Gasteiger partial charge in [0.2, 0.25) is 5.91 Å². The van der Waals surface area contributed by atoms with E-state index in [0.717, 1.165) is 0 Å². The molecular formula is C22H22N6O4. The van der Waals surface area contributed by atoms with E-state index in [1.165, 1.54) is 26.6 Å². The zero-order valence-electron chi connectivity index (χ0n) is 17.5. The Hall–Kier alpha value is -4.60. The van der Waals surface area contributed by atoms with Crippen molar-refractivity contribution in [3.63, 3.8) is 0 Å². The lowest BCUT2D eigenvalue weighted by atomic mass is 10.1. The first-order valence-corrected chi connectivity index (χ1v) is 9.39. The van der Waals surface area contributed by atoms with Gasteiger partial charge in [0.15, 0.2) is 0 Å². The molecule has 164 valence electrons. The number of hydrogen-bond acceptors (Lipinski definition) is 8. The molecule has 0 fully saturated rings. The maximum Gasteiger partial charge on any atom is 0.252 e. The van der Waals surface area contributed by atoms with E-state index in [1.807, 2.05) is 0 Å². The van der Waals surface area contributed by atoms with Crippen LogP contribution in [-0.2, 0) is 4.79 Å². The van der Waals surface area contributed by atoms with Crippen LogP contribution in [0.3, 0.4) is 0 Å². The zero-order chi connectivity index (χ0) is 23.1. The fourth-order valence-corrected chi connectivity index (χ4v) is 2.83. The molecule has 5 N–H and O–H groups in total. The van der Waals surface area contributed by atoms with Crippen LogP contribution in [0.1, 0.15) is 10.4 Å². The van der Waals surface area contributed by atoms with Crippen molar-refractivity contribution in [3.8, 4) is 11.5 Å². The first-order valence-electron chi connectivity index (χ1n) is 9.39. The Bertz CT molecular complexity index is 1160. The van der Waals surface area contributed by atoms with Gasteiger partial charge in [0.05, 0.1) is 25.5 Å². The molecule has 0 radical (unpaired) electrons. The first kappa shape index (κ1) is 22.1. The number of nitrogens with zero attached hydrogens (tertiary/aromatic N) is 2. The average molecular weight is 434 g/mol. The Morgan fingerprint density at radius 2 is 1.59 bits per heavy atom. The average Bonchev–Trinajstić information content (AvgIpc) is 2.79. The van der Waals surface area contributed by atoms with Gasteiger partial charge in [0, 0.05) is 17.4 Å². The van der Waals surface area contributed by atoms with Gasteiger partial charge < -0.3 is 31.2 Å². The number of methoxy groups -OCH3 is 2. The Morgan fingerprint density at radius 1 is 0.938 bits per heavy atom. The lowest BCUT2D eigenvalue weighted by Gasteiger charge is -2.14. The van der Waals surface area contributed by atoms with Crippen LogP contribution in [0.25, 0.3) is 0 Å². The maximum absolute atomic E-state index is 11.7. The molecule has 1 aromatic heterocycles. The second-order valence-electron chi connectivity index (χ2n) is 6.43. The second-order valence-corrected chi connectivity index (χ2v) is 6.43. The van der Waals surface area contributed by atoms with Crippen molar-refractivity contribution in [2.75, 3.05) is 30.2 Å². The molecule has 2 amide bonds. The molecule has 10 heteroatoms. The van der Waals surface area contributed by atoms with Gasteiger partial charge in [0.1, 0.15) is 29.5 Å². The number of aromatic nitrogens is 2. The number of anilines is 5. The fraction of sp³-hybridized carbons (Fsp3) is 0.0909. The molecule has 0 aliphatic carbocycles. The third-order valence-electron chi connectivity index (χ3n) is 4.32. The van der Waals surface area contributed by atoms with Crippen LogP contribution in [-0.4, -0.2) is 36.0 Å². The van der Waals surface area contributed by atoms with Crippen LogP contribution in [0.5, 0.6) is 11.5 Å². The van der Waals surface area contributed by atoms with Crippen molar-refractivity contribution in [1.29, 1.82) is 0 Å². The SMILES string of the molecule is C=CC(=O)Nc1ccc(OC)c(Nc2cc(Nc3ccc(OC)c(C(N)=O)c3)ncn2)c1. The molecule has 3 aromatic rings. The van der Waals surface area contributed by atoms with Gasteiger partial charge in [-0.05, 0) is 42.5 Å². The van der Waals surface area contributed by atoms with Gasteiger partial charge >= 0.3 is 0 Å². The van der Waals surface area contributed by atoms with E-state index in [-0.39, 0.29) is 11.5 Å². The predicted molar refractivity (Wildman–Crippen MR) is 122 cm³/mol. The molecule has 0 saturated heterocycles. The number of nitrogens with one attached hydrogen (secondary N) is 3. The molecule has 0 spiro atoms. The van der Waals surface area contributed by atoms with E-state index in [4.69, 9.17) is 15.2 Å². The molecule has 10 nitrogen and oxygen atoms in total. The molecule has 0 atom stereocenters. The smallest absolute Gasteiger partial charge is 0.252 e. The van der Waals surface area contributed by atoms with E-state index in [0.29, 0.717) is 40.2 Å². The molecular weight excluding hydrogens is 412 g/mol. The maximum atomic E-state index is 11.7. The number of hydrogen-bond donors (Lipinski definition) is 4. The van der Waals surface area contributed by atoms with E-state index in [2.05, 4.69) is 32.5 Å². The fourth-order valence-electron chi connectivity index (χ4n) is 2.83. The number of rotatable bonds is 9. The zero-order valence-corrected chi connectivity index (χ0v) is 17.5. The van der Waals surface area contributed by atoms with Crippen molar-refractivity contribution in [1.82, 2.24) is 9.97 Å². The summed E-state index contributed by atoms with van der Waals surface area (Å²) in [6, 6.07) is 11.7. The van der Waals surface area contributed by atoms with Crippen molar-refractivity contribution < 1.29 is 19.1 Å². The van der Waals surface area contributed by atoms with Crippen LogP contribution in [0, 0.1) is 0 Å². The van der Waals surface area contributed by atoms with Crippen LogP contribution in [0.4, 0.5) is 28.7 Å². The Labute approximate surface area is 184 Å². The molecule has 0 bridgehead atoms. The largest absolute Gasteiger partial charge is 0.496 e. The lowest BCUT2D eigenvalue weighted by Crippen LogP contribution is -2.12. The Morgan fingerprint density at radius 3 is 2.25 bits per heavy atom. The highest BCUT2D eigenvalue weighted by Crippen LogP contribution is 2.31. The van der Waals surface area contributed by atoms with Crippen molar-refractivity contribution in [3.05, 3.63) is 67.0 Å². The summed E-state index contributed by atoms with van der Waals surface area (Å²) in [5.41, 5.74) is 7.39. The van der Waals surface area contributed by atoms with Crippen LogP contribution < -0.4 is 31.2 Å². The summed E-state index contributed by atoms with van der Waals surface area (Å²) in [6.45, 7) is 3.44. The number of amides is 2. The van der Waals surface area contributed by atoms with Crippen molar-refractivity contribution in [2.24, 2.45) is 5.73 Å². The molecule has 2 aromatic carbocycles. The van der Waals surface area contributed by atoms with Gasteiger partial charge in [-0.3, -0.25) is 9.59 Å². The number of primary amides is 1. The Kier molecular flexibility index (Phi) is 6.86. The lowest BCUT2D eigenvalue weighted by molar-refractivity contribution is -0.111. The van der Waals surface area contributed by atoms with Crippen molar-refractivity contribution >= 4 is 40.5 Å². The van der Waals surface area contributed by atoms with Crippen LogP contribution in [0.15, 0.2) is 61.4 Å². The summed E-state index contributed by atoms with van der Waals surface area (Å²) < 4.78 is 10.5. The van der Waals surface area contributed by atoms with Gasteiger partial charge in [-0.15, -0.1) is 0 Å². The van der Waals surface area contributed by atoms with E-state index in [9.17, 15) is 9.59 Å². The topological polar surface area (TPSA) is 140 Å². The molecule has 0 aliphatic heterocycles. The molecule has 0 aliphatic rings. The highest BCUT2D eigenvalue weighted by Gasteiger charge is 2.11. The molecule has 3 rings (SSSR count). The summed E-state index contributed by atoms with van der Waals surface area (Å²) in [5, 5.41) is 8.93. The quantitative estimate of drug-likeness (QED) is 0.376. The second kappa shape index (κ2) is 9.94. The highest BCUT2D eigenvalue weighted by atomic mass is 16.5. The minimum atomic E-state index is -0.605. The van der Waals surface area contributed by atoms with Gasteiger partial charge in [-0.25, -0.2) is 9.97 Å². The summed E-state index contributed by atoms with van der Waals surface area (Å²) in [7, 11) is 3.00. The summed E-state index contributed by atoms with van der Waals surface area (Å²) >= 11 is 0. The van der Waals surface area contributed by atoms with E-state index in [1.54, 1.807) is 42.5 Å². The van der Waals surface area contributed by atoms with Crippen LogP contribution in [0.2, 0.25) is 0 Å². The Balaban J connectivity index is 1.83. The van der Waals surface area contributed by atoms with E-state index < -0.39 is 5.91 Å². The van der Waals surface area contributed by atoms with Crippen molar-refractivity contribution in [2.45, 2.75) is 0 Å². The number of benzene rings is 2. The molecule has 0 unspecified atom stereocenters. The first-order chi connectivity index (χ1) is 15.4. The van der Waals surface area contributed by atoms with Gasteiger partial charge in [-0.2, -0.15) is 0 Å². The predicted octanol–water partition coefficient (Wildman–Crippen LogP) is 3.20. The summed E-state index contributed by atoms with van der Waals surface area (Å²) in [6.07, 6.45) is 2.56. The minimum Gasteiger partial charge on any atom is -0.496 e. The number of carbonyl (C=O) groups excluding carboxylic acids is 2. The minimum absolute atomic E-state index is 0.244. The third kappa shape index (κ3) is 5.30. The molecule has 1 heterocycles. The standard InChI is InChI=1S/C22H22N6O4/c1-4-21(29)27-14-6-8-18(32-3)16(10-14)28-20-11-19(24-12-25-20)26-13-5-7-17(31-2)15(9-13)22(23)30/h4-12H,1H2,2-3H3,(H2,23,30)(H,27,29)(H2,24,25,26,28). The third-order valence-corrected chi connectivity index (χ3v) is 4.32. The summed E-state index contributed by atoms with van der Waals surface area (Å²) in [4.78, 5) is 31.6. The van der Waals surface area contributed by atoms with Gasteiger partial charge in [-0.1, -0.05) is 6.58 Å². The monoisotopic (exact) mass is 434 g/mol. The van der Waals surface area contributed by atoms with E-state index >= 15 is 0 Å². The molecule has 32 heavy (non-hydrogen) atoms. The number of ether oxygens (including phenoxy) is 2. The highest BCUT2D eigenvalue weighted by molar-refractivity contribution is 5.99. The normalized spacial score (nSPS) is 10.1. The van der Waals surface area contributed by atoms with Gasteiger partial charge in [0.25, 0.3) is 5.91 Å². The number of carbonyl (C=O) groups is 2. The number of nitrogens with two attached hydrogens (primary N) is 1.